The summed E-state index contributed by atoms with van der Waals surface area (Å²) in [4.78, 5) is 5.32. The lowest BCUT2D eigenvalue weighted by Crippen LogP contribution is -2.27. The van der Waals surface area contributed by atoms with E-state index in [0.29, 0.717) is 18.7 Å². The zero-order valence-electron chi connectivity index (χ0n) is 9.27. The molecule has 0 heterocycles. The third kappa shape index (κ3) is 2.78. The third-order valence-corrected chi connectivity index (χ3v) is 2.56. The van der Waals surface area contributed by atoms with Crippen LogP contribution in [0.2, 0.25) is 0 Å². The second kappa shape index (κ2) is 5.49. The first-order valence-corrected chi connectivity index (χ1v) is 5.18. The normalized spacial score (nSPS) is 15.5. The molecule has 0 spiro atoms. The third-order valence-electron chi connectivity index (χ3n) is 2.56. The van der Waals surface area contributed by atoms with Gasteiger partial charge in [-0.25, -0.2) is 0 Å². The fourth-order valence-electron chi connectivity index (χ4n) is 1.66. The predicted molar refractivity (Wildman–Crippen MR) is 59.4 cm³/mol. The first kappa shape index (κ1) is 11.7. The smallest absolute Gasteiger partial charge is 0.298 e. The van der Waals surface area contributed by atoms with Crippen molar-refractivity contribution < 1.29 is 9.90 Å². The maximum Gasteiger partial charge on any atom is 0.298 e. The molecule has 0 aromatic carbocycles. The van der Waals surface area contributed by atoms with E-state index in [0.717, 1.165) is 17.8 Å². The molecular weight excluding hydrogens is 190 g/mol. The zero-order valence-corrected chi connectivity index (χ0v) is 9.27. The van der Waals surface area contributed by atoms with E-state index in [2.05, 4.69) is 16.6 Å². The molecule has 0 atom stereocenters. The molecule has 15 heavy (non-hydrogen) atoms. The number of hydrogen-bond acceptors (Lipinski definition) is 2. The van der Waals surface area contributed by atoms with Crippen molar-refractivity contribution in [3.8, 4) is 0 Å². The van der Waals surface area contributed by atoms with Crippen LogP contribution >= 0.6 is 0 Å². The van der Waals surface area contributed by atoms with Crippen LogP contribution in [0.4, 0.5) is 0 Å². The highest BCUT2D eigenvalue weighted by atomic mass is 16.3. The van der Waals surface area contributed by atoms with Crippen molar-refractivity contribution in [1.82, 2.24) is 4.90 Å². The van der Waals surface area contributed by atoms with Gasteiger partial charge in [-0.2, -0.15) is 4.79 Å². The summed E-state index contributed by atoms with van der Waals surface area (Å²) in [5.41, 5.74) is 11.5. The van der Waals surface area contributed by atoms with Crippen molar-refractivity contribution in [3.63, 3.8) is 0 Å². The van der Waals surface area contributed by atoms with Crippen LogP contribution < -0.4 is 0 Å². The molecule has 1 aliphatic rings. The molecule has 0 unspecified atom stereocenters. The number of aliphatic hydroxyl groups is 1. The largest absolute Gasteiger partial charge is 0.395 e. The average Bonchev–Trinajstić information content (AvgIpc) is 2.25. The van der Waals surface area contributed by atoms with Crippen LogP contribution in [-0.2, 0) is 0 Å². The fraction of sp³-hybridized carbons (Fsp3) is 0.545. The summed E-state index contributed by atoms with van der Waals surface area (Å²) in [6, 6.07) is 0. The molecule has 0 aliphatic heterocycles. The van der Waals surface area contributed by atoms with Gasteiger partial charge in [0.2, 0.25) is 0 Å². The van der Waals surface area contributed by atoms with Gasteiger partial charge in [0.05, 0.1) is 13.0 Å². The van der Waals surface area contributed by atoms with Gasteiger partial charge in [0, 0.05) is 24.4 Å². The predicted octanol–water partition coefficient (Wildman–Crippen LogP) is 1.21. The van der Waals surface area contributed by atoms with Gasteiger partial charge in [0.1, 0.15) is 0 Å². The number of aliphatic hydroxyl groups excluding tert-OH is 1. The van der Waals surface area contributed by atoms with E-state index in [9.17, 15) is 0 Å². The molecule has 0 bridgehead atoms. The van der Waals surface area contributed by atoms with Gasteiger partial charge < -0.3 is 15.5 Å². The van der Waals surface area contributed by atoms with E-state index < -0.39 is 0 Å². The van der Waals surface area contributed by atoms with Crippen molar-refractivity contribution in [1.29, 1.82) is 0 Å². The van der Waals surface area contributed by atoms with E-state index in [1.54, 1.807) is 0 Å². The number of allylic oxidation sites excluding steroid dienone is 3. The Morgan fingerprint density at radius 1 is 1.60 bits per heavy atom. The van der Waals surface area contributed by atoms with Gasteiger partial charge in [0.25, 0.3) is 5.71 Å². The molecular formula is C11H17N3O. The van der Waals surface area contributed by atoms with E-state index in [4.69, 9.17) is 10.6 Å². The van der Waals surface area contributed by atoms with Crippen molar-refractivity contribution in [3.05, 3.63) is 29.0 Å². The maximum absolute atomic E-state index is 8.91. The Labute approximate surface area is 90.1 Å². The zero-order chi connectivity index (χ0) is 11.3. The molecule has 4 nitrogen and oxygen atoms in total. The summed E-state index contributed by atoms with van der Waals surface area (Å²) in [5, 5.41) is 8.91. The Morgan fingerprint density at radius 3 is 2.80 bits per heavy atom. The van der Waals surface area contributed by atoms with Crippen LogP contribution in [0, 0.1) is 0 Å². The molecule has 1 aliphatic carbocycles. The topological polar surface area (TPSA) is 59.9 Å². The van der Waals surface area contributed by atoms with Gasteiger partial charge >= 0.3 is 0 Å². The van der Waals surface area contributed by atoms with E-state index >= 15 is 0 Å². The highest BCUT2D eigenvalue weighted by Gasteiger charge is 2.17. The number of nitrogens with zero attached hydrogens (tertiary/aromatic N) is 3. The van der Waals surface area contributed by atoms with Gasteiger partial charge in [-0.15, -0.1) is 0 Å². The molecule has 1 rings (SSSR count). The van der Waals surface area contributed by atoms with Gasteiger partial charge in [-0.1, -0.05) is 0 Å². The Balaban J connectivity index is 2.82. The fourth-order valence-corrected chi connectivity index (χ4v) is 1.66. The first-order chi connectivity index (χ1) is 7.22. The molecule has 0 radical (unpaired) electrons. The molecule has 0 fully saturated rings. The first-order valence-electron chi connectivity index (χ1n) is 5.18. The second-order valence-corrected chi connectivity index (χ2v) is 3.51. The molecule has 82 valence electrons. The molecule has 1 N–H and O–H groups in total. The minimum absolute atomic E-state index is 0.152. The minimum Gasteiger partial charge on any atom is -0.395 e. The van der Waals surface area contributed by atoms with Gasteiger partial charge in [-0.3, -0.25) is 0 Å². The molecule has 0 aromatic heterocycles. The number of hydrogen-bond donors (Lipinski definition) is 1. The van der Waals surface area contributed by atoms with Crippen LogP contribution in [0.3, 0.4) is 0 Å². The Bertz CT molecular complexity index is 338. The van der Waals surface area contributed by atoms with E-state index in [-0.39, 0.29) is 6.61 Å². The second-order valence-electron chi connectivity index (χ2n) is 3.51. The van der Waals surface area contributed by atoms with Crippen molar-refractivity contribution >= 4 is 5.71 Å². The van der Waals surface area contributed by atoms with Gasteiger partial charge in [-0.05, 0) is 26.0 Å². The molecule has 0 saturated heterocycles. The summed E-state index contributed by atoms with van der Waals surface area (Å²) in [6.07, 6.45) is 4.65. The number of likely N-dealkylation sites (N-methyl/N-ethyl adjacent to an activating group) is 1. The lowest BCUT2D eigenvalue weighted by molar-refractivity contribution is -0.00654. The lowest BCUT2D eigenvalue weighted by atomic mass is 10.0. The Kier molecular flexibility index (Phi) is 4.28. The molecule has 0 amide bonds. The van der Waals surface area contributed by atoms with E-state index in [1.165, 1.54) is 0 Å². The van der Waals surface area contributed by atoms with Crippen LogP contribution in [0.15, 0.2) is 23.4 Å². The minimum atomic E-state index is 0.152. The standard InChI is InChI=1S/C11H17N3O/c1-3-14(6-7-15)10-4-5-11(13-12)9(2)8-10/h4,8,15H,3,5-7H2,1-2H3. The summed E-state index contributed by atoms with van der Waals surface area (Å²) >= 11 is 0. The molecule has 0 aromatic rings. The van der Waals surface area contributed by atoms with Crippen molar-refractivity contribution in [2.75, 3.05) is 19.7 Å². The maximum atomic E-state index is 8.91. The van der Waals surface area contributed by atoms with Crippen LogP contribution in [0.25, 0.3) is 5.53 Å². The number of rotatable bonds is 4. The van der Waals surface area contributed by atoms with Crippen molar-refractivity contribution in [2.24, 2.45) is 0 Å². The summed E-state index contributed by atoms with van der Waals surface area (Å²) < 4.78 is 0. The average molecular weight is 207 g/mol. The highest BCUT2D eigenvalue weighted by molar-refractivity contribution is 5.97. The molecule has 4 heteroatoms. The lowest BCUT2D eigenvalue weighted by Gasteiger charge is -2.24. The van der Waals surface area contributed by atoms with Crippen LogP contribution in [0.5, 0.6) is 0 Å². The quantitative estimate of drug-likeness (QED) is 0.556. The monoisotopic (exact) mass is 207 g/mol. The van der Waals surface area contributed by atoms with Crippen molar-refractivity contribution in [2.45, 2.75) is 20.3 Å². The Morgan fingerprint density at radius 2 is 2.33 bits per heavy atom. The van der Waals surface area contributed by atoms with Crippen LogP contribution in [-0.4, -0.2) is 40.2 Å². The summed E-state index contributed by atoms with van der Waals surface area (Å²) in [5.74, 6) is 0. The summed E-state index contributed by atoms with van der Waals surface area (Å²) in [7, 11) is 0. The van der Waals surface area contributed by atoms with Crippen LogP contribution in [0.1, 0.15) is 20.3 Å². The SMILES string of the molecule is CCN(CCO)C1=CCC(=[N+]=[N-])C(C)=C1. The molecule has 0 saturated carbocycles. The highest BCUT2D eigenvalue weighted by Crippen LogP contribution is 2.16. The Hall–Kier alpha value is -1.38. The summed E-state index contributed by atoms with van der Waals surface area (Å²) in [6.45, 7) is 5.63. The van der Waals surface area contributed by atoms with Gasteiger partial charge in [0.15, 0.2) is 0 Å². The van der Waals surface area contributed by atoms with E-state index in [1.807, 2.05) is 19.1 Å².